The first-order valence-electron chi connectivity index (χ1n) is 7.04. The number of nitrogens with one attached hydrogen (secondary N) is 1. The third kappa shape index (κ3) is 5.61. The first-order valence-corrected chi connectivity index (χ1v) is 8.69. The molecule has 2 aromatic rings. The fourth-order valence-electron chi connectivity index (χ4n) is 2.06. The highest BCUT2D eigenvalue weighted by Crippen LogP contribution is 2.29. The summed E-state index contributed by atoms with van der Waals surface area (Å²) >= 11 is 0. The topological polar surface area (TPSA) is 46.2 Å². The van der Waals surface area contributed by atoms with Crippen LogP contribution in [0.15, 0.2) is 48.5 Å². The van der Waals surface area contributed by atoms with Crippen LogP contribution in [-0.4, -0.2) is 15.0 Å². The van der Waals surface area contributed by atoms with Gasteiger partial charge in [-0.05, 0) is 41.8 Å². The maximum atomic E-state index is 12.8. The Labute approximate surface area is 137 Å². The lowest BCUT2D eigenvalue weighted by atomic mass is 10.1. The minimum absolute atomic E-state index is 0.0644. The summed E-state index contributed by atoms with van der Waals surface area (Å²) < 4.78 is 76.3. The Balaban J connectivity index is 1.87. The van der Waals surface area contributed by atoms with Gasteiger partial charge in [0.15, 0.2) is 0 Å². The quantitative estimate of drug-likeness (QED) is 0.801. The second-order valence-electron chi connectivity index (χ2n) is 5.22. The van der Waals surface area contributed by atoms with E-state index in [1.54, 1.807) is 0 Å². The monoisotopic (exact) mass is 361 g/mol. The Kier molecular flexibility index (Phi) is 5.61. The van der Waals surface area contributed by atoms with E-state index < -0.39 is 27.6 Å². The summed E-state index contributed by atoms with van der Waals surface area (Å²) in [5, 5.41) is 0. The average molecular weight is 361 g/mol. The van der Waals surface area contributed by atoms with Crippen LogP contribution >= 0.6 is 0 Å². The lowest BCUT2D eigenvalue weighted by Crippen LogP contribution is -2.27. The van der Waals surface area contributed by atoms with Crippen molar-refractivity contribution in [1.29, 1.82) is 0 Å². The minimum Gasteiger partial charge on any atom is -0.215 e. The molecule has 0 bridgehead atoms. The summed E-state index contributed by atoms with van der Waals surface area (Å²) in [5.74, 6) is -0.744. The van der Waals surface area contributed by atoms with Crippen LogP contribution in [-0.2, 0) is 28.4 Å². The van der Waals surface area contributed by atoms with Crippen molar-refractivity contribution in [3.05, 3.63) is 71.0 Å². The summed E-state index contributed by atoms with van der Waals surface area (Å²) in [6.45, 7) is 0.0644. The van der Waals surface area contributed by atoms with Crippen LogP contribution in [0, 0.1) is 5.82 Å². The molecule has 1 N–H and O–H groups in total. The van der Waals surface area contributed by atoms with Crippen molar-refractivity contribution in [3.8, 4) is 0 Å². The van der Waals surface area contributed by atoms with Crippen LogP contribution in [0.5, 0.6) is 0 Å². The molecule has 0 atom stereocenters. The maximum Gasteiger partial charge on any atom is 0.416 e. The lowest BCUT2D eigenvalue weighted by Gasteiger charge is -2.09. The van der Waals surface area contributed by atoms with Gasteiger partial charge in [-0.15, -0.1) is 0 Å². The smallest absolute Gasteiger partial charge is 0.215 e. The van der Waals surface area contributed by atoms with E-state index in [0.29, 0.717) is 11.1 Å². The molecule has 0 heterocycles. The molecule has 0 unspecified atom stereocenters. The molecule has 24 heavy (non-hydrogen) atoms. The van der Waals surface area contributed by atoms with Gasteiger partial charge in [0.25, 0.3) is 0 Å². The summed E-state index contributed by atoms with van der Waals surface area (Å²) in [4.78, 5) is 0. The average Bonchev–Trinajstić information content (AvgIpc) is 2.49. The lowest BCUT2D eigenvalue weighted by molar-refractivity contribution is -0.137. The van der Waals surface area contributed by atoms with Gasteiger partial charge in [0, 0.05) is 6.54 Å². The molecule has 0 saturated heterocycles. The van der Waals surface area contributed by atoms with Crippen LogP contribution in [0.1, 0.15) is 16.7 Å². The second-order valence-corrected chi connectivity index (χ2v) is 7.03. The third-order valence-electron chi connectivity index (χ3n) is 3.29. The summed E-state index contributed by atoms with van der Waals surface area (Å²) in [5.41, 5.74) is 0.286. The van der Waals surface area contributed by atoms with Crippen molar-refractivity contribution in [1.82, 2.24) is 4.72 Å². The Morgan fingerprint density at radius 2 is 1.42 bits per heavy atom. The van der Waals surface area contributed by atoms with E-state index in [9.17, 15) is 26.0 Å². The maximum absolute atomic E-state index is 12.8. The Morgan fingerprint density at radius 3 is 1.96 bits per heavy atom. The molecule has 0 fully saturated rings. The van der Waals surface area contributed by atoms with Gasteiger partial charge in [-0.3, -0.25) is 0 Å². The number of sulfonamides is 1. The summed E-state index contributed by atoms with van der Waals surface area (Å²) in [6.07, 6.45) is -4.13. The number of hydrogen-bond acceptors (Lipinski definition) is 2. The standard InChI is InChI=1S/C16H15F4NO2S/c17-15-7-3-13(4-8-15)11-24(22,23)21-10-9-12-1-5-14(6-2-12)16(18,19)20/h1-8,21H,9-11H2. The first kappa shape index (κ1) is 18.4. The molecule has 0 aliphatic heterocycles. The van der Waals surface area contributed by atoms with E-state index in [0.717, 1.165) is 12.1 Å². The van der Waals surface area contributed by atoms with Gasteiger partial charge in [0.2, 0.25) is 10.0 Å². The van der Waals surface area contributed by atoms with Crippen molar-refractivity contribution in [2.24, 2.45) is 0 Å². The molecule has 130 valence electrons. The van der Waals surface area contributed by atoms with Crippen molar-refractivity contribution in [3.63, 3.8) is 0 Å². The first-order chi connectivity index (χ1) is 11.2. The molecular weight excluding hydrogens is 346 g/mol. The van der Waals surface area contributed by atoms with Gasteiger partial charge in [-0.1, -0.05) is 24.3 Å². The fraction of sp³-hybridized carbons (Fsp3) is 0.250. The van der Waals surface area contributed by atoms with Crippen molar-refractivity contribution < 1.29 is 26.0 Å². The van der Waals surface area contributed by atoms with E-state index in [-0.39, 0.29) is 18.7 Å². The molecule has 2 rings (SSSR count). The number of rotatable bonds is 6. The van der Waals surface area contributed by atoms with Gasteiger partial charge in [-0.2, -0.15) is 13.2 Å². The zero-order chi connectivity index (χ0) is 17.8. The molecular formula is C16H15F4NO2S. The molecule has 0 radical (unpaired) electrons. The molecule has 0 spiro atoms. The van der Waals surface area contributed by atoms with Crippen LogP contribution < -0.4 is 4.72 Å². The molecule has 8 heteroatoms. The minimum atomic E-state index is -4.39. The Morgan fingerprint density at radius 1 is 0.875 bits per heavy atom. The predicted molar refractivity (Wildman–Crippen MR) is 82.2 cm³/mol. The van der Waals surface area contributed by atoms with Gasteiger partial charge in [-0.25, -0.2) is 17.5 Å². The van der Waals surface area contributed by atoms with Crippen LogP contribution in [0.25, 0.3) is 0 Å². The molecule has 3 nitrogen and oxygen atoms in total. The zero-order valence-corrected chi connectivity index (χ0v) is 13.3. The summed E-state index contributed by atoms with van der Waals surface area (Å²) in [6, 6.07) is 9.66. The molecule has 0 aliphatic carbocycles. The van der Waals surface area contributed by atoms with E-state index in [2.05, 4.69) is 4.72 Å². The SMILES string of the molecule is O=S(=O)(Cc1ccc(F)cc1)NCCc1ccc(C(F)(F)F)cc1. The van der Waals surface area contributed by atoms with E-state index >= 15 is 0 Å². The van der Waals surface area contributed by atoms with Crippen LogP contribution in [0.2, 0.25) is 0 Å². The van der Waals surface area contributed by atoms with Crippen molar-refractivity contribution >= 4 is 10.0 Å². The van der Waals surface area contributed by atoms with Crippen molar-refractivity contribution in [2.45, 2.75) is 18.3 Å². The molecule has 0 aromatic heterocycles. The molecule has 2 aromatic carbocycles. The number of alkyl halides is 3. The highest BCUT2D eigenvalue weighted by molar-refractivity contribution is 7.88. The third-order valence-corrected chi connectivity index (χ3v) is 4.64. The van der Waals surface area contributed by atoms with E-state index in [1.165, 1.54) is 36.4 Å². The van der Waals surface area contributed by atoms with E-state index in [4.69, 9.17) is 0 Å². The molecule has 0 aliphatic rings. The van der Waals surface area contributed by atoms with Gasteiger partial charge in [0.05, 0.1) is 11.3 Å². The highest BCUT2D eigenvalue weighted by atomic mass is 32.2. The summed E-state index contributed by atoms with van der Waals surface area (Å²) in [7, 11) is -3.60. The predicted octanol–water partition coefficient (Wildman–Crippen LogP) is 3.51. The Hall–Kier alpha value is -1.93. The second kappa shape index (κ2) is 7.31. The number of halogens is 4. The fourth-order valence-corrected chi connectivity index (χ4v) is 3.21. The zero-order valence-electron chi connectivity index (χ0n) is 12.5. The van der Waals surface area contributed by atoms with Crippen LogP contribution in [0.3, 0.4) is 0 Å². The van der Waals surface area contributed by atoms with Gasteiger partial charge in [0.1, 0.15) is 5.82 Å². The van der Waals surface area contributed by atoms with Gasteiger partial charge >= 0.3 is 6.18 Å². The van der Waals surface area contributed by atoms with Gasteiger partial charge < -0.3 is 0 Å². The highest BCUT2D eigenvalue weighted by Gasteiger charge is 2.29. The largest absolute Gasteiger partial charge is 0.416 e. The molecule has 0 amide bonds. The number of hydrogen-bond donors (Lipinski definition) is 1. The Bertz CT molecular complexity index is 769. The normalized spacial score (nSPS) is 12.3. The molecule has 0 saturated carbocycles. The number of benzene rings is 2. The van der Waals surface area contributed by atoms with Crippen LogP contribution in [0.4, 0.5) is 17.6 Å². The van der Waals surface area contributed by atoms with Crippen molar-refractivity contribution in [2.75, 3.05) is 6.54 Å². The van der Waals surface area contributed by atoms with E-state index in [1.807, 2.05) is 0 Å².